The topological polar surface area (TPSA) is 87.2 Å². The first-order valence-corrected chi connectivity index (χ1v) is 10.2. The van der Waals surface area contributed by atoms with Gasteiger partial charge in [-0.1, -0.05) is 23.7 Å². The molecule has 3 heterocycles. The maximum absolute atomic E-state index is 12.7. The van der Waals surface area contributed by atoms with E-state index in [1.54, 1.807) is 24.4 Å². The number of thiazole rings is 1. The number of anilines is 2. The van der Waals surface area contributed by atoms with Crippen LogP contribution in [0.1, 0.15) is 15.4 Å². The van der Waals surface area contributed by atoms with Crippen LogP contribution in [0.2, 0.25) is 5.02 Å². The van der Waals surface area contributed by atoms with Crippen LogP contribution in [0, 0.1) is 6.92 Å². The lowest BCUT2D eigenvalue weighted by atomic mass is 10.2. The van der Waals surface area contributed by atoms with Crippen molar-refractivity contribution in [2.75, 3.05) is 29.9 Å². The normalized spacial score (nSPS) is 13.9. The van der Waals surface area contributed by atoms with Gasteiger partial charge < -0.3 is 15.5 Å². The number of amides is 2. The summed E-state index contributed by atoms with van der Waals surface area (Å²) >= 11 is 7.37. The molecule has 29 heavy (non-hydrogen) atoms. The summed E-state index contributed by atoms with van der Waals surface area (Å²) in [7, 11) is 0. The fourth-order valence-corrected chi connectivity index (χ4v) is 4.17. The van der Waals surface area contributed by atoms with Gasteiger partial charge in [-0.2, -0.15) is 0 Å². The molecule has 2 amide bonds. The second-order valence-electron chi connectivity index (χ2n) is 6.57. The van der Waals surface area contributed by atoms with Crippen LogP contribution in [0.25, 0.3) is 10.6 Å². The van der Waals surface area contributed by atoms with Crippen LogP contribution in [0.5, 0.6) is 0 Å². The van der Waals surface area contributed by atoms with E-state index in [1.165, 1.54) is 11.3 Å². The molecule has 3 aromatic rings. The van der Waals surface area contributed by atoms with Crippen molar-refractivity contribution in [3.63, 3.8) is 0 Å². The Morgan fingerprint density at radius 3 is 2.90 bits per heavy atom. The Hall–Kier alpha value is -2.97. The monoisotopic (exact) mass is 427 g/mol. The standard InChI is InChI=1S/C20H18ClN5O2S/c1-12-18(29-20(24-12)13-3-2-4-14(21)9-13)19(28)25-15-5-6-16(23-10-15)26-8-7-22-17(27)11-26/h2-6,9-10H,7-8,11H2,1H3,(H,22,27)(H,25,28). The molecule has 1 aromatic carbocycles. The lowest BCUT2D eigenvalue weighted by Gasteiger charge is -2.27. The minimum atomic E-state index is -0.236. The second kappa shape index (κ2) is 8.18. The van der Waals surface area contributed by atoms with Gasteiger partial charge in [-0.3, -0.25) is 9.59 Å². The molecule has 148 valence electrons. The summed E-state index contributed by atoms with van der Waals surface area (Å²) in [4.78, 5) is 35.6. The third-order valence-corrected chi connectivity index (χ3v) is 5.88. The van der Waals surface area contributed by atoms with Crippen molar-refractivity contribution in [1.82, 2.24) is 15.3 Å². The van der Waals surface area contributed by atoms with Crippen LogP contribution >= 0.6 is 22.9 Å². The Morgan fingerprint density at radius 1 is 1.31 bits per heavy atom. The maximum Gasteiger partial charge on any atom is 0.267 e. The van der Waals surface area contributed by atoms with E-state index in [0.717, 1.165) is 10.6 Å². The van der Waals surface area contributed by atoms with Gasteiger partial charge in [0.15, 0.2) is 0 Å². The quantitative estimate of drug-likeness (QED) is 0.666. The van der Waals surface area contributed by atoms with Crippen molar-refractivity contribution in [3.05, 3.63) is 58.2 Å². The van der Waals surface area contributed by atoms with Gasteiger partial charge in [0.1, 0.15) is 15.7 Å². The summed E-state index contributed by atoms with van der Waals surface area (Å²) in [6.07, 6.45) is 1.59. The molecule has 1 aliphatic heterocycles. The zero-order valence-electron chi connectivity index (χ0n) is 15.6. The molecule has 2 N–H and O–H groups in total. The van der Waals surface area contributed by atoms with E-state index in [1.807, 2.05) is 30.0 Å². The fourth-order valence-electron chi connectivity index (χ4n) is 3.02. The molecule has 1 saturated heterocycles. The number of hydrogen-bond acceptors (Lipinski definition) is 6. The molecular weight excluding hydrogens is 410 g/mol. The van der Waals surface area contributed by atoms with Crippen molar-refractivity contribution in [3.8, 4) is 10.6 Å². The zero-order chi connectivity index (χ0) is 20.4. The van der Waals surface area contributed by atoms with E-state index in [9.17, 15) is 9.59 Å². The first-order chi connectivity index (χ1) is 14.0. The molecule has 0 spiro atoms. The minimum Gasteiger partial charge on any atom is -0.353 e. The lowest BCUT2D eigenvalue weighted by Crippen LogP contribution is -2.48. The predicted octanol–water partition coefficient (Wildman–Crippen LogP) is 3.36. The SMILES string of the molecule is Cc1nc(-c2cccc(Cl)c2)sc1C(=O)Nc1ccc(N2CCNC(=O)C2)nc1. The number of carbonyl (C=O) groups excluding carboxylic acids is 2. The minimum absolute atomic E-state index is 0.0217. The molecule has 0 atom stereocenters. The highest BCUT2D eigenvalue weighted by molar-refractivity contribution is 7.17. The highest BCUT2D eigenvalue weighted by Gasteiger charge is 2.19. The second-order valence-corrected chi connectivity index (χ2v) is 8.01. The van der Waals surface area contributed by atoms with Crippen LogP contribution in [0.15, 0.2) is 42.6 Å². The van der Waals surface area contributed by atoms with Gasteiger partial charge in [-0.25, -0.2) is 9.97 Å². The van der Waals surface area contributed by atoms with E-state index in [2.05, 4.69) is 20.6 Å². The van der Waals surface area contributed by atoms with Gasteiger partial charge >= 0.3 is 0 Å². The molecule has 2 aromatic heterocycles. The number of piperazine rings is 1. The number of pyridine rings is 1. The first kappa shape index (κ1) is 19.4. The number of hydrogen-bond donors (Lipinski definition) is 2. The van der Waals surface area contributed by atoms with E-state index in [0.29, 0.717) is 40.2 Å². The number of rotatable bonds is 4. The average molecular weight is 428 g/mol. The first-order valence-electron chi connectivity index (χ1n) is 9.02. The summed E-state index contributed by atoms with van der Waals surface area (Å²) in [5.41, 5.74) is 2.12. The van der Waals surface area contributed by atoms with Crippen LogP contribution in [0.3, 0.4) is 0 Å². The summed E-state index contributed by atoms with van der Waals surface area (Å²) in [5, 5.41) is 7.01. The van der Waals surface area contributed by atoms with Gasteiger partial charge in [0.05, 0.1) is 24.1 Å². The molecular formula is C20H18ClN5O2S. The molecule has 0 bridgehead atoms. The number of nitrogens with one attached hydrogen (secondary N) is 2. The molecule has 7 nitrogen and oxygen atoms in total. The van der Waals surface area contributed by atoms with Crippen LogP contribution in [-0.2, 0) is 4.79 Å². The molecule has 4 rings (SSSR count). The number of nitrogens with zero attached hydrogens (tertiary/aromatic N) is 3. The van der Waals surface area contributed by atoms with Crippen molar-refractivity contribution in [2.45, 2.75) is 6.92 Å². The largest absolute Gasteiger partial charge is 0.353 e. The Morgan fingerprint density at radius 2 is 2.17 bits per heavy atom. The van der Waals surface area contributed by atoms with E-state index in [-0.39, 0.29) is 18.4 Å². The van der Waals surface area contributed by atoms with E-state index in [4.69, 9.17) is 11.6 Å². The predicted molar refractivity (Wildman–Crippen MR) is 115 cm³/mol. The number of halogens is 1. The van der Waals surface area contributed by atoms with Gasteiger partial charge in [0.2, 0.25) is 5.91 Å². The summed E-state index contributed by atoms with van der Waals surface area (Å²) in [6, 6.07) is 11.0. The van der Waals surface area contributed by atoms with Crippen LogP contribution < -0.4 is 15.5 Å². The molecule has 0 unspecified atom stereocenters. The highest BCUT2D eigenvalue weighted by Crippen LogP contribution is 2.30. The Bertz CT molecular complexity index is 1070. The Kier molecular flexibility index (Phi) is 5.46. The van der Waals surface area contributed by atoms with Crippen molar-refractivity contribution in [1.29, 1.82) is 0 Å². The third kappa shape index (κ3) is 4.38. The highest BCUT2D eigenvalue weighted by atomic mass is 35.5. The number of aromatic nitrogens is 2. The molecule has 9 heteroatoms. The van der Waals surface area contributed by atoms with Gasteiger partial charge in [-0.15, -0.1) is 11.3 Å². The lowest BCUT2D eigenvalue weighted by molar-refractivity contribution is -0.120. The third-order valence-electron chi connectivity index (χ3n) is 4.44. The van der Waals surface area contributed by atoms with Crippen LogP contribution in [0.4, 0.5) is 11.5 Å². The van der Waals surface area contributed by atoms with Crippen molar-refractivity contribution >= 4 is 46.3 Å². The van der Waals surface area contributed by atoms with Gasteiger partial charge in [-0.05, 0) is 31.2 Å². The molecule has 0 saturated carbocycles. The number of aryl methyl sites for hydroxylation is 1. The summed E-state index contributed by atoms with van der Waals surface area (Å²) < 4.78 is 0. The smallest absolute Gasteiger partial charge is 0.267 e. The zero-order valence-corrected chi connectivity index (χ0v) is 17.2. The summed E-state index contributed by atoms with van der Waals surface area (Å²) in [5.74, 6) is 0.446. The number of carbonyl (C=O) groups is 2. The van der Waals surface area contributed by atoms with Crippen LogP contribution in [-0.4, -0.2) is 41.4 Å². The molecule has 0 aliphatic carbocycles. The summed E-state index contributed by atoms with van der Waals surface area (Å²) in [6.45, 7) is 3.39. The van der Waals surface area contributed by atoms with Crippen molar-refractivity contribution < 1.29 is 9.59 Å². The average Bonchev–Trinajstić information content (AvgIpc) is 3.10. The Balaban J connectivity index is 1.47. The maximum atomic E-state index is 12.7. The fraction of sp³-hybridized carbons (Fsp3) is 0.200. The molecule has 0 radical (unpaired) electrons. The van der Waals surface area contributed by atoms with E-state index < -0.39 is 0 Å². The Labute approximate surface area is 176 Å². The molecule has 1 aliphatic rings. The van der Waals surface area contributed by atoms with Gasteiger partial charge in [0.25, 0.3) is 5.91 Å². The van der Waals surface area contributed by atoms with Crippen molar-refractivity contribution in [2.24, 2.45) is 0 Å². The molecule has 1 fully saturated rings. The number of benzene rings is 1. The van der Waals surface area contributed by atoms with E-state index >= 15 is 0 Å². The van der Waals surface area contributed by atoms with Gasteiger partial charge in [0, 0.05) is 23.7 Å².